The predicted molar refractivity (Wildman–Crippen MR) is 80.0 cm³/mol. The van der Waals surface area contributed by atoms with Crippen molar-refractivity contribution in [2.24, 2.45) is 0 Å². The lowest BCUT2D eigenvalue weighted by atomic mass is 10.1. The molecule has 20 heavy (non-hydrogen) atoms. The Morgan fingerprint density at radius 1 is 1.30 bits per heavy atom. The molecule has 0 amide bonds. The lowest BCUT2D eigenvalue weighted by molar-refractivity contribution is 0.679. The number of halogens is 1. The van der Waals surface area contributed by atoms with Gasteiger partial charge in [0.05, 0.1) is 22.1 Å². The van der Waals surface area contributed by atoms with Crippen molar-refractivity contribution < 1.29 is 4.21 Å². The average molecular weight is 305 g/mol. The first-order valence-corrected chi connectivity index (χ1v) is 7.72. The SMILES string of the molecule is Cc1cc(C)c(C#N)c([S@@](=O)Cc2ccc(Cl)cc2)n1. The highest BCUT2D eigenvalue weighted by atomic mass is 35.5. The van der Waals surface area contributed by atoms with E-state index in [9.17, 15) is 9.47 Å². The van der Waals surface area contributed by atoms with Crippen LogP contribution in [-0.4, -0.2) is 9.19 Å². The molecule has 0 spiro atoms. The molecule has 0 aliphatic rings. The van der Waals surface area contributed by atoms with E-state index >= 15 is 0 Å². The Balaban J connectivity index is 2.34. The third-order valence-corrected chi connectivity index (χ3v) is 4.42. The number of hydrogen-bond acceptors (Lipinski definition) is 3. The van der Waals surface area contributed by atoms with Crippen molar-refractivity contribution >= 4 is 22.4 Å². The average Bonchev–Trinajstić information content (AvgIpc) is 2.40. The Kier molecular flexibility index (Phi) is 4.53. The van der Waals surface area contributed by atoms with Gasteiger partial charge >= 0.3 is 0 Å². The van der Waals surface area contributed by atoms with E-state index in [0.29, 0.717) is 21.4 Å². The van der Waals surface area contributed by atoms with Crippen LogP contribution in [0, 0.1) is 25.2 Å². The molecule has 0 saturated heterocycles. The van der Waals surface area contributed by atoms with Gasteiger partial charge in [0.15, 0.2) is 0 Å². The van der Waals surface area contributed by atoms with Crippen molar-refractivity contribution in [2.45, 2.75) is 24.6 Å². The van der Waals surface area contributed by atoms with Gasteiger partial charge in [-0.3, -0.25) is 4.21 Å². The third kappa shape index (κ3) is 3.24. The van der Waals surface area contributed by atoms with Crippen LogP contribution in [0.15, 0.2) is 35.4 Å². The summed E-state index contributed by atoms with van der Waals surface area (Å²) < 4.78 is 12.4. The summed E-state index contributed by atoms with van der Waals surface area (Å²) in [4.78, 5) is 4.27. The van der Waals surface area contributed by atoms with Crippen LogP contribution in [-0.2, 0) is 16.6 Å². The van der Waals surface area contributed by atoms with Gasteiger partial charge in [0.1, 0.15) is 11.1 Å². The van der Waals surface area contributed by atoms with Crippen LogP contribution in [0.1, 0.15) is 22.4 Å². The Hall–Kier alpha value is -1.70. The van der Waals surface area contributed by atoms with Gasteiger partial charge in [-0.25, -0.2) is 4.98 Å². The highest BCUT2D eigenvalue weighted by molar-refractivity contribution is 7.84. The maximum absolute atomic E-state index is 12.4. The van der Waals surface area contributed by atoms with Crippen molar-refractivity contribution in [3.63, 3.8) is 0 Å². The summed E-state index contributed by atoms with van der Waals surface area (Å²) in [6.07, 6.45) is 0. The molecule has 1 aromatic heterocycles. The van der Waals surface area contributed by atoms with E-state index < -0.39 is 10.8 Å². The maximum Gasteiger partial charge on any atom is 0.145 e. The van der Waals surface area contributed by atoms with Crippen LogP contribution >= 0.6 is 11.6 Å². The number of benzene rings is 1. The fourth-order valence-electron chi connectivity index (χ4n) is 1.90. The number of aryl methyl sites for hydroxylation is 2. The second-order valence-corrected chi connectivity index (χ2v) is 6.29. The summed E-state index contributed by atoms with van der Waals surface area (Å²) in [6.45, 7) is 3.66. The highest BCUT2D eigenvalue weighted by Crippen LogP contribution is 2.19. The van der Waals surface area contributed by atoms with Gasteiger partial charge in [-0.05, 0) is 43.2 Å². The van der Waals surface area contributed by atoms with Gasteiger partial charge in [-0.2, -0.15) is 5.26 Å². The molecule has 0 saturated carbocycles. The van der Waals surface area contributed by atoms with Crippen molar-refractivity contribution in [3.8, 4) is 6.07 Å². The van der Waals surface area contributed by atoms with Crippen LogP contribution < -0.4 is 0 Å². The van der Waals surface area contributed by atoms with Crippen LogP contribution in [0.5, 0.6) is 0 Å². The number of hydrogen-bond donors (Lipinski definition) is 0. The van der Waals surface area contributed by atoms with Crippen LogP contribution in [0.25, 0.3) is 0 Å². The van der Waals surface area contributed by atoms with Crippen molar-refractivity contribution in [1.29, 1.82) is 5.26 Å². The molecule has 0 N–H and O–H groups in total. The Bertz CT molecular complexity index is 705. The Labute approximate surface area is 125 Å². The number of rotatable bonds is 3. The van der Waals surface area contributed by atoms with Gasteiger partial charge in [0.25, 0.3) is 0 Å². The molecular formula is C15H13ClN2OS. The molecule has 0 fully saturated rings. The van der Waals surface area contributed by atoms with E-state index in [4.69, 9.17) is 11.6 Å². The first-order valence-electron chi connectivity index (χ1n) is 6.02. The van der Waals surface area contributed by atoms with Crippen LogP contribution in [0.2, 0.25) is 5.02 Å². The number of nitriles is 1. The maximum atomic E-state index is 12.4. The molecular weight excluding hydrogens is 292 g/mol. The second kappa shape index (κ2) is 6.17. The van der Waals surface area contributed by atoms with Crippen molar-refractivity contribution in [1.82, 2.24) is 4.98 Å². The molecule has 0 aliphatic heterocycles. The molecule has 2 aromatic rings. The molecule has 102 valence electrons. The first kappa shape index (κ1) is 14.7. The largest absolute Gasteiger partial charge is 0.252 e. The molecule has 1 heterocycles. The molecule has 0 bridgehead atoms. The summed E-state index contributed by atoms with van der Waals surface area (Å²) in [5.41, 5.74) is 2.88. The number of pyridine rings is 1. The molecule has 3 nitrogen and oxygen atoms in total. The zero-order valence-electron chi connectivity index (χ0n) is 11.2. The lowest BCUT2D eigenvalue weighted by Gasteiger charge is -2.07. The van der Waals surface area contributed by atoms with Gasteiger partial charge in [0, 0.05) is 10.7 Å². The highest BCUT2D eigenvalue weighted by Gasteiger charge is 2.15. The summed E-state index contributed by atoms with van der Waals surface area (Å²) in [5.74, 6) is 0.321. The Morgan fingerprint density at radius 3 is 2.55 bits per heavy atom. The van der Waals surface area contributed by atoms with Crippen molar-refractivity contribution in [3.05, 3.63) is 57.7 Å². The molecule has 2 rings (SSSR count). The quantitative estimate of drug-likeness (QED) is 0.871. The minimum absolute atomic E-state index is 0.321. The summed E-state index contributed by atoms with van der Waals surface area (Å²) in [6, 6.07) is 11.1. The molecule has 5 heteroatoms. The van der Waals surface area contributed by atoms with E-state index in [2.05, 4.69) is 11.1 Å². The van der Waals surface area contributed by atoms with Gasteiger partial charge in [0.2, 0.25) is 0 Å². The van der Waals surface area contributed by atoms with Crippen LogP contribution in [0.4, 0.5) is 0 Å². The van der Waals surface area contributed by atoms with Crippen LogP contribution in [0.3, 0.4) is 0 Å². The first-order chi connectivity index (χ1) is 9.51. The molecule has 1 aromatic carbocycles. The number of nitrogens with zero attached hydrogens (tertiary/aromatic N) is 2. The van der Waals surface area contributed by atoms with E-state index in [1.165, 1.54) is 0 Å². The minimum atomic E-state index is -1.35. The topological polar surface area (TPSA) is 53.8 Å². The molecule has 0 unspecified atom stereocenters. The predicted octanol–water partition coefficient (Wildman–Crippen LogP) is 3.53. The summed E-state index contributed by atoms with van der Waals surface area (Å²) >= 11 is 5.82. The van der Waals surface area contributed by atoms with E-state index in [1.54, 1.807) is 12.1 Å². The van der Waals surface area contributed by atoms with E-state index in [1.807, 2.05) is 32.0 Å². The zero-order chi connectivity index (χ0) is 14.7. The molecule has 1 atom stereocenters. The normalized spacial score (nSPS) is 11.9. The standard InChI is InChI=1S/C15H13ClN2OS/c1-10-7-11(2)18-15(14(10)8-17)20(19)9-12-3-5-13(16)6-4-12/h3-7H,9H2,1-2H3/t20-/m0/s1. The zero-order valence-corrected chi connectivity index (χ0v) is 12.8. The smallest absolute Gasteiger partial charge is 0.145 e. The van der Waals surface area contributed by atoms with Gasteiger partial charge in [-0.15, -0.1) is 0 Å². The summed E-state index contributed by atoms with van der Waals surface area (Å²) in [7, 11) is -1.35. The third-order valence-electron chi connectivity index (χ3n) is 2.85. The van der Waals surface area contributed by atoms with Gasteiger partial charge in [-0.1, -0.05) is 23.7 Å². The fraction of sp³-hybridized carbons (Fsp3) is 0.200. The second-order valence-electron chi connectivity index (χ2n) is 4.49. The molecule has 0 aliphatic carbocycles. The fourth-order valence-corrected chi connectivity index (χ4v) is 3.34. The van der Waals surface area contributed by atoms with Crippen molar-refractivity contribution in [2.75, 3.05) is 0 Å². The number of aromatic nitrogens is 1. The lowest BCUT2D eigenvalue weighted by Crippen LogP contribution is -2.05. The Morgan fingerprint density at radius 2 is 1.95 bits per heavy atom. The van der Waals surface area contributed by atoms with Gasteiger partial charge < -0.3 is 0 Å². The van der Waals surface area contributed by atoms with E-state index in [-0.39, 0.29) is 0 Å². The van der Waals surface area contributed by atoms with E-state index in [0.717, 1.165) is 16.8 Å². The molecule has 0 radical (unpaired) electrons. The minimum Gasteiger partial charge on any atom is -0.252 e. The monoisotopic (exact) mass is 304 g/mol. The summed E-state index contributed by atoms with van der Waals surface area (Å²) in [5, 5.41) is 10.2.